The van der Waals surface area contributed by atoms with E-state index in [1.165, 1.54) is 6.07 Å². The number of benzene rings is 3. The Bertz CT molecular complexity index is 1280. The quantitative estimate of drug-likeness (QED) is 0.324. The summed E-state index contributed by atoms with van der Waals surface area (Å²) in [4.78, 5) is 15.4. The molecular weight excluding hydrogens is 429 g/mol. The topological polar surface area (TPSA) is 47.4 Å². The lowest BCUT2D eigenvalue weighted by molar-refractivity contribution is 0.0734. The monoisotopic (exact) mass is 455 g/mol. The van der Waals surface area contributed by atoms with Crippen LogP contribution in [-0.2, 0) is 13.6 Å². The zero-order chi connectivity index (χ0) is 23.5. The number of carbonyl (C=O) groups is 1. The Morgan fingerprint density at radius 2 is 1.65 bits per heavy atom. The van der Waals surface area contributed by atoms with Crippen LogP contribution in [0.3, 0.4) is 0 Å². The summed E-state index contributed by atoms with van der Waals surface area (Å²) >= 11 is 0. The van der Waals surface area contributed by atoms with Gasteiger partial charge in [0.25, 0.3) is 5.91 Å². The van der Waals surface area contributed by atoms with Gasteiger partial charge < -0.3 is 9.64 Å². The zero-order valence-corrected chi connectivity index (χ0v) is 19.0. The fraction of sp³-hybridized carbons (Fsp3) is 0.214. The highest BCUT2D eigenvalue weighted by atomic mass is 19.1. The fourth-order valence-electron chi connectivity index (χ4n) is 4.07. The van der Waals surface area contributed by atoms with E-state index in [1.54, 1.807) is 29.9 Å². The minimum Gasteiger partial charge on any atom is -0.436 e. The highest BCUT2D eigenvalue weighted by Crippen LogP contribution is 2.37. The van der Waals surface area contributed by atoms with Gasteiger partial charge in [-0.3, -0.25) is 4.79 Å². The predicted molar refractivity (Wildman–Crippen MR) is 129 cm³/mol. The average Bonchev–Trinajstić information content (AvgIpc) is 3.64. The van der Waals surface area contributed by atoms with Crippen molar-refractivity contribution < 1.29 is 13.9 Å². The van der Waals surface area contributed by atoms with Gasteiger partial charge in [0, 0.05) is 24.7 Å². The summed E-state index contributed by atoms with van der Waals surface area (Å²) in [5, 5.41) is 4.72. The molecule has 0 unspecified atom stereocenters. The second-order valence-corrected chi connectivity index (χ2v) is 8.65. The number of ether oxygens (including phenoxy) is 1. The molecule has 1 aliphatic carbocycles. The minimum atomic E-state index is -0.453. The lowest BCUT2D eigenvalue weighted by Gasteiger charge is -2.23. The van der Waals surface area contributed by atoms with Crippen molar-refractivity contribution in [3.05, 3.63) is 102 Å². The molecule has 1 aliphatic rings. The number of nitrogens with zero attached hydrogens (tertiary/aromatic N) is 3. The third-order valence-electron chi connectivity index (χ3n) is 6.01. The molecule has 1 fully saturated rings. The summed E-state index contributed by atoms with van der Waals surface area (Å²) in [5.74, 6) is 0.555. The van der Waals surface area contributed by atoms with Crippen molar-refractivity contribution in [1.29, 1.82) is 0 Å². The van der Waals surface area contributed by atoms with Gasteiger partial charge in [0.2, 0.25) is 5.88 Å². The number of carbonyl (C=O) groups excluding carboxylic acids is 1. The maximum atomic E-state index is 14.4. The van der Waals surface area contributed by atoms with Crippen LogP contribution in [0.4, 0.5) is 4.39 Å². The van der Waals surface area contributed by atoms with Crippen LogP contribution in [-0.4, -0.2) is 27.1 Å². The summed E-state index contributed by atoms with van der Waals surface area (Å²) in [7, 11) is 1.77. The molecule has 0 saturated heterocycles. The van der Waals surface area contributed by atoms with Crippen molar-refractivity contribution in [1.82, 2.24) is 14.7 Å². The van der Waals surface area contributed by atoms with Crippen molar-refractivity contribution in [2.45, 2.75) is 19.4 Å². The molecule has 1 aromatic heterocycles. The van der Waals surface area contributed by atoms with Crippen molar-refractivity contribution in [3.63, 3.8) is 0 Å². The Labute approximate surface area is 198 Å². The van der Waals surface area contributed by atoms with Gasteiger partial charge in [0.15, 0.2) is 11.6 Å². The number of aromatic nitrogens is 2. The van der Waals surface area contributed by atoms with Crippen LogP contribution in [0.1, 0.15) is 28.8 Å². The summed E-state index contributed by atoms with van der Waals surface area (Å²) in [6.45, 7) is 0.974. The SMILES string of the molecule is Cn1nc(-c2ccccc2)c(CN(CC2CC2)C(=O)c2ccccc2)c1Oc1ccccc1F. The van der Waals surface area contributed by atoms with Crippen molar-refractivity contribution >= 4 is 5.91 Å². The average molecular weight is 456 g/mol. The summed E-state index contributed by atoms with van der Waals surface area (Å²) in [6, 6.07) is 25.4. The molecule has 5 rings (SSSR count). The lowest BCUT2D eigenvalue weighted by atomic mass is 10.1. The van der Waals surface area contributed by atoms with Crippen LogP contribution in [0.2, 0.25) is 0 Å². The van der Waals surface area contributed by atoms with E-state index in [1.807, 2.05) is 65.6 Å². The van der Waals surface area contributed by atoms with Crippen LogP contribution in [0.5, 0.6) is 11.6 Å². The second kappa shape index (κ2) is 9.51. The molecule has 6 heteroatoms. The molecule has 5 nitrogen and oxygen atoms in total. The Morgan fingerprint density at radius 1 is 1.00 bits per heavy atom. The largest absolute Gasteiger partial charge is 0.436 e. The van der Waals surface area contributed by atoms with Crippen LogP contribution in [0.25, 0.3) is 11.3 Å². The van der Waals surface area contributed by atoms with Gasteiger partial charge in [0.1, 0.15) is 5.69 Å². The van der Waals surface area contributed by atoms with E-state index in [-0.39, 0.29) is 11.7 Å². The Kier molecular flexibility index (Phi) is 6.12. The normalized spacial score (nSPS) is 13.0. The number of rotatable bonds is 8. The molecule has 0 radical (unpaired) electrons. The van der Waals surface area contributed by atoms with E-state index in [0.717, 1.165) is 29.7 Å². The van der Waals surface area contributed by atoms with E-state index in [4.69, 9.17) is 9.84 Å². The van der Waals surface area contributed by atoms with Crippen LogP contribution < -0.4 is 4.74 Å². The molecule has 34 heavy (non-hydrogen) atoms. The van der Waals surface area contributed by atoms with Crippen LogP contribution >= 0.6 is 0 Å². The number of aryl methyl sites for hydroxylation is 1. The lowest BCUT2D eigenvalue weighted by Crippen LogP contribution is -2.32. The van der Waals surface area contributed by atoms with Gasteiger partial charge in [-0.15, -0.1) is 0 Å². The molecule has 4 aromatic rings. The van der Waals surface area contributed by atoms with E-state index < -0.39 is 5.82 Å². The number of hydrogen-bond donors (Lipinski definition) is 0. The first-order chi connectivity index (χ1) is 16.6. The number of para-hydroxylation sites is 1. The summed E-state index contributed by atoms with van der Waals surface area (Å²) < 4.78 is 22.1. The van der Waals surface area contributed by atoms with E-state index in [0.29, 0.717) is 30.5 Å². The zero-order valence-electron chi connectivity index (χ0n) is 19.0. The first-order valence-electron chi connectivity index (χ1n) is 11.5. The van der Waals surface area contributed by atoms with E-state index in [2.05, 4.69) is 0 Å². The highest BCUT2D eigenvalue weighted by Gasteiger charge is 2.30. The predicted octanol–water partition coefficient (Wildman–Crippen LogP) is 6.07. The molecule has 0 aliphatic heterocycles. The molecule has 0 atom stereocenters. The molecule has 172 valence electrons. The molecule has 0 spiro atoms. The molecular formula is C28H26FN3O2. The molecule has 1 saturated carbocycles. The molecule has 0 N–H and O–H groups in total. The Morgan fingerprint density at radius 3 is 2.32 bits per heavy atom. The van der Waals surface area contributed by atoms with Gasteiger partial charge in [0.05, 0.1) is 12.1 Å². The van der Waals surface area contributed by atoms with Crippen LogP contribution in [0.15, 0.2) is 84.9 Å². The maximum absolute atomic E-state index is 14.4. The molecule has 0 bridgehead atoms. The first kappa shape index (κ1) is 21.9. The third-order valence-corrected chi connectivity index (χ3v) is 6.01. The maximum Gasteiger partial charge on any atom is 0.254 e. The Hall–Kier alpha value is -3.93. The van der Waals surface area contributed by atoms with Crippen molar-refractivity contribution in [3.8, 4) is 22.9 Å². The van der Waals surface area contributed by atoms with Gasteiger partial charge in [-0.2, -0.15) is 5.10 Å². The Balaban J connectivity index is 1.57. The van der Waals surface area contributed by atoms with Gasteiger partial charge in [-0.25, -0.2) is 9.07 Å². The standard InChI is InChI=1S/C28H26FN3O2/c1-31-28(34-25-15-9-8-14-24(25)29)23(26(30-31)21-10-4-2-5-11-21)19-32(18-20-16-17-20)27(33)22-12-6-3-7-13-22/h2-15,20H,16-19H2,1H3. The minimum absolute atomic E-state index is 0.0350. The van der Waals surface area contributed by atoms with Gasteiger partial charge in [-0.1, -0.05) is 60.7 Å². The van der Waals surface area contributed by atoms with Crippen LogP contribution in [0, 0.1) is 11.7 Å². The summed E-state index contributed by atoms with van der Waals surface area (Å²) in [6.07, 6.45) is 2.24. The smallest absolute Gasteiger partial charge is 0.254 e. The number of amides is 1. The first-order valence-corrected chi connectivity index (χ1v) is 11.5. The molecule has 1 heterocycles. The van der Waals surface area contributed by atoms with Crippen molar-refractivity contribution in [2.75, 3.05) is 6.54 Å². The van der Waals surface area contributed by atoms with E-state index >= 15 is 0 Å². The third kappa shape index (κ3) is 4.71. The summed E-state index contributed by atoms with van der Waals surface area (Å²) in [5.41, 5.74) is 3.03. The molecule has 1 amide bonds. The number of halogens is 1. The number of hydrogen-bond acceptors (Lipinski definition) is 3. The fourth-order valence-corrected chi connectivity index (χ4v) is 4.07. The van der Waals surface area contributed by atoms with Crippen molar-refractivity contribution in [2.24, 2.45) is 13.0 Å². The van der Waals surface area contributed by atoms with Gasteiger partial charge in [-0.05, 0) is 43.0 Å². The molecule has 3 aromatic carbocycles. The second-order valence-electron chi connectivity index (χ2n) is 8.65. The van der Waals surface area contributed by atoms with E-state index in [9.17, 15) is 9.18 Å². The highest BCUT2D eigenvalue weighted by molar-refractivity contribution is 5.94. The van der Waals surface area contributed by atoms with Gasteiger partial charge >= 0.3 is 0 Å².